The fourth-order valence-corrected chi connectivity index (χ4v) is 3.07. The zero-order valence-electron chi connectivity index (χ0n) is 11.5. The Morgan fingerprint density at radius 3 is 2.95 bits per heavy atom. The first-order valence-corrected chi connectivity index (χ1v) is 7.59. The number of nitrogens with zero attached hydrogens (tertiary/aromatic N) is 3. The molecular weight excluding hydrogens is 288 g/mol. The van der Waals surface area contributed by atoms with Crippen LogP contribution in [0.15, 0.2) is 24.4 Å². The quantitative estimate of drug-likeness (QED) is 0.788. The van der Waals surface area contributed by atoms with Crippen LogP contribution in [0.4, 0.5) is 10.8 Å². The summed E-state index contributed by atoms with van der Waals surface area (Å²) in [6.45, 7) is 3.34. The highest BCUT2D eigenvalue weighted by Gasteiger charge is 2.12. The number of ether oxygens (including phenoxy) is 2. The fourth-order valence-electron chi connectivity index (χ4n) is 2.22. The number of hydrogen-bond donors (Lipinski definition) is 1. The molecule has 0 aliphatic carbocycles. The van der Waals surface area contributed by atoms with Gasteiger partial charge < -0.3 is 14.8 Å². The molecule has 4 rings (SSSR count). The maximum Gasteiger partial charge on any atom is 0.214 e. The highest BCUT2D eigenvalue weighted by Crippen LogP contribution is 2.33. The largest absolute Gasteiger partial charge is 0.490 e. The number of anilines is 2. The fraction of sp³-hybridized carbons (Fsp3) is 0.286. The molecule has 6 nitrogen and oxygen atoms in total. The summed E-state index contributed by atoms with van der Waals surface area (Å²) in [5, 5.41) is 8.53. The number of imidazole rings is 1. The monoisotopic (exact) mass is 302 g/mol. The molecule has 21 heavy (non-hydrogen) atoms. The van der Waals surface area contributed by atoms with Gasteiger partial charge in [-0.15, -0.1) is 5.10 Å². The third kappa shape index (κ3) is 2.40. The molecule has 3 aromatic rings. The average molecular weight is 302 g/mol. The van der Waals surface area contributed by atoms with Crippen molar-refractivity contribution < 1.29 is 9.47 Å². The van der Waals surface area contributed by atoms with Gasteiger partial charge in [-0.25, -0.2) is 9.50 Å². The highest BCUT2D eigenvalue weighted by molar-refractivity contribution is 7.20. The molecule has 108 valence electrons. The lowest BCUT2D eigenvalue weighted by Gasteiger charge is -2.09. The molecule has 0 amide bonds. The molecular formula is C14H14N4O2S. The van der Waals surface area contributed by atoms with Crippen molar-refractivity contribution in [3.63, 3.8) is 0 Å². The molecule has 2 aromatic heterocycles. The van der Waals surface area contributed by atoms with Gasteiger partial charge in [-0.05, 0) is 19.1 Å². The number of nitrogens with one attached hydrogen (secondary N) is 1. The first-order valence-electron chi connectivity index (χ1n) is 6.77. The van der Waals surface area contributed by atoms with Crippen molar-refractivity contribution in [1.82, 2.24) is 14.6 Å². The van der Waals surface area contributed by atoms with Crippen molar-refractivity contribution in [3.05, 3.63) is 30.1 Å². The van der Waals surface area contributed by atoms with Gasteiger partial charge in [0.05, 0.1) is 25.1 Å². The van der Waals surface area contributed by atoms with Crippen LogP contribution < -0.4 is 14.8 Å². The summed E-state index contributed by atoms with van der Waals surface area (Å²) in [5.74, 6) is 1.57. The molecule has 0 saturated heterocycles. The molecule has 1 N–H and O–H groups in total. The molecule has 0 bridgehead atoms. The number of fused-ring (bicyclic) bond motifs is 2. The summed E-state index contributed by atoms with van der Waals surface area (Å²) in [5.41, 5.74) is 1.89. The van der Waals surface area contributed by atoms with Crippen molar-refractivity contribution in [2.45, 2.75) is 13.3 Å². The van der Waals surface area contributed by atoms with Crippen LogP contribution in [0.5, 0.6) is 11.5 Å². The molecule has 1 aromatic carbocycles. The molecule has 7 heteroatoms. The van der Waals surface area contributed by atoms with Crippen molar-refractivity contribution in [3.8, 4) is 11.5 Å². The lowest BCUT2D eigenvalue weighted by molar-refractivity contribution is 0.297. The van der Waals surface area contributed by atoms with E-state index in [9.17, 15) is 0 Å². The van der Waals surface area contributed by atoms with Gasteiger partial charge in [0.2, 0.25) is 10.1 Å². The Morgan fingerprint density at radius 1 is 1.24 bits per heavy atom. The van der Waals surface area contributed by atoms with Gasteiger partial charge >= 0.3 is 0 Å². The normalized spacial score (nSPS) is 14.1. The zero-order chi connectivity index (χ0) is 14.2. The van der Waals surface area contributed by atoms with E-state index in [0.717, 1.165) is 39.4 Å². The van der Waals surface area contributed by atoms with Gasteiger partial charge in [-0.3, -0.25) is 0 Å². The third-order valence-electron chi connectivity index (χ3n) is 3.16. The van der Waals surface area contributed by atoms with E-state index in [1.165, 1.54) is 11.3 Å². The van der Waals surface area contributed by atoms with Crippen LogP contribution in [0, 0.1) is 6.92 Å². The van der Waals surface area contributed by atoms with Gasteiger partial charge in [0.25, 0.3) is 0 Å². The Morgan fingerprint density at radius 2 is 2.10 bits per heavy atom. The van der Waals surface area contributed by atoms with Crippen LogP contribution in [0.2, 0.25) is 0 Å². The number of benzene rings is 1. The SMILES string of the molecule is Cc1cn2nc(Nc3ccc4c(c3)OCCCO4)sc2n1. The minimum absolute atomic E-state index is 0.681. The highest BCUT2D eigenvalue weighted by atomic mass is 32.1. The lowest BCUT2D eigenvalue weighted by atomic mass is 10.3. The van der Waals surface area contributed by atoms with Gasteiger partial charge in [-0.1, -0.05) is 11.3 Å². The molecule has 0 radical (unpaired) electrons. The molecule has 1 aliphatic rings. The molecule has 0 atom stereocenters. The van der Waals surface area contributed by atoms with Gasteiger partial charge in [-0.2, -0.15) is 0 Å². The second kappa shape index (κ2) is 4.92. The van der Waals surface area contributed by atoms with Crippen molar-refractivity contribution in [2.75, 3.05) is 18.5 Å². The van der Waals surface area contributed by atoms with E-state index in [-0.39, 0.29) is 0 Å². The van der Waals surface area contributed by atoms with E-state index in [4.69, 9.17) is 9.47 Å². The average Bonchev–Trinajstić information content (AvgIpc) is 2.87. The van der Waals surface area contributed by atoms with Gasteiger partial charge in [0.1, 0.15) is 0 Å². The smallest absolute Gasteiger partial charge is 0.214 e. The third-order valence-corrected chi connectivity index (χ3v) is 4.00. The molecule has 0 fully saturated rings. The minimum Gasteiger partial charge on any atom is -0.490 e. The maximum atomic E-state index is 5.69. The van der Waals surface area contributed by atoms with E-state index in [1.807, 2.05) is 31.3 Å². The summed E-state index contributed by atoms with van der Waals surface area (Å²) in [6.07, 6.45) is 2.81. The molecule has 0 spiro atoms. The summed E-state index contributed by atoms with van der Waals surface area (Å²) >= 11 is 1.51. The first kappa shape index (κ1) is 12.5. The Hall–Kier alpha value is -2.28. The van der Waals surface area contributed by atoms with Crippen LogP contribution in [0.3, 0.4) is 0 Å². The number of rotatable bonds is 2. The molecule has 0 saturated carbocycles. The Kier molecular flexibility index (Phi) is 2.92. The molecule has 1 aliphatic heterocycles. The second-order valence-corrected chi connectivity index (χ2v) is 5.81. The van der Waals surface area contributed by atoms with Gasteiger partial charge in [0.15, 0.2) is 11.5 Å². The lowest BCUT2D eigenvalue weighted by Crippen LogP contribution is -1.97. The summed E-state index contributed by atoms with van der Waals surface area (Å²) < 4.78 is 13.1. The van der Waals surface area contributed by atoms with Crippen LogP contribution in [-0.4, -0.2) is 27.8 Å². The zero-order valence-corrected chi connectivity index (χ0v) is 12.3. The Bertz CT molecular complexity index is 764. The molecule has 0 unspecified atom stereocenters. The Labute approximate surface area is 125 Å². The van der Waals surface area contributed by atoms with Crippen molar-refractivity contribution in [2.24, 2.45) is 0 Å². The number of aromatic nitrogens is 3. The first-order chi connectivity index (χ1) is 10.3. The summed E-state index contributed by atoms with van der Waals surface area (Å²) in [7, 11) is 0. The van der Waals surface area contributed by atoms with Crippen LogP contribution in [0.25, 0.3) is 4.96 Å². The summed E-state index contributed by atoms with van der Waals surface area (Å²) in [6, 6.07) is 5.82. The second-order valence-electron chi connectivity index (χ2n) is 4.85. The van der Waals surface area contributed by atoms with Gasteiger partial charge in [0, 0.05) is 18.2 Å². The van der Waals surface area contributed by atoms with Crippen LogP contribution >= 0.6 is 11.3 Å². The topological polar surface area (TPSA) is 60.7 Å². The predicted molar refractivity (Wildman–Crippen MR) is 80.9 cm³/mol. The predicted octanol–water partition coefficient (Wildman–Crippen LogP) is 3.00. The number of hydrogen-bond acceptors (Lipinski definition) is 6. The molecule has 3 heterocycles. The van der Waals surface area contributed by atoms with E-state index in [0.29, 0.717) is 13.2 Å². The van der Waals surface area contributed by atoms with Crippen molar-refractivity contribution in [1.29, 1.82) is 0 Å². The van der Waals surface area contributed by atoms with E-state index in [1.54, 1.807) is 4.52 Å². The Balaban J connectivity index is 1.61. The minimum atomic E-state index is 0.681. The van der Waals surface area contributed by atoms with Crippen LogP contribution in [-0.2, 0) is 0 Å². The number of aryl methyl sites for hydroxylation is 1. The van der Waals surface area contributed by atoms with E-state index in [2.05, 4.69) is 15.4 Å². The maximum absolute atomic E-state index is 5.69. The van der Waals surface area contributed by atoms with E-state index >= 15 is 0 Å². The van der Waals surface area contributed by atoms with E-state index < -0.39 is 0 Å². The standard InChI is InChI=1S/C14H14N4O2S/c1-9-8-18-14(15-9)21-13(17-18)16-10-3-4-11-12(7-10)20-6-2-5-19-11/h3-4,7-8H,2,5-6H2,1H3,(H,16,17). The summed E-state index contributed by atoms with van der Waals surface area (Å²) in [4.78, 5) is 5.27. The van der Waals surface area contributed by atoms with Crippen LogP contribution in [0.1, 0.15) is 12.1 Å². The van der Waals surface area contributed by atoms with Crippen molar-refractivity contribution >= 4 is 27.1 Å².